The Morgan fingerprint density at radius 1 is 1.00 bits per heavy atom. The molecular formula is C20H23N3O3. The van der Waals surface area contributed by atoms with Crippen LogP contribution in [-0.4, -0.2) is 38.1 Å². The molecule has 0 atom stereocenters. The van der Waals surface area contributed by atoms with Crippen LogP contribution in [0, 0.1) is 0 Å². The van der Waals surface area contributed by atoms with E-state index in [0.29, 0.717) is 22.6 Å². The average molecular weight is 353 g/mol. The number of nitrogens with one attached hydrogen (secondary N) is 3. The van der Waals surface area contributed by atoms with Gasteiger partial charge < -0.3 is 20.7 Å². The van der Waals surface area contributed by atoms with Crippen LogP contribution in [0.15, 0.2) is 48.5 Å². The van der Waals surface area contributed by atoms with Gasteiger partial charge in [-0.3, -0.25) is 9.59 Å². The molecule has 1 aliphatic heterocycles. The minimum Gasteiger partial charge on any atom is -0.497 e. The van der Waals surface area contributed by atoms with E-state index in [1.54, 1.807) is 55.6 Å². The van der Waals surface area contributed by atoms with Crippen molar-refractivity contribution in [3.05, 3.63) is 59.7 Å². The van der Waals surface area contributed by atoms with E-state index in [2.05, 4.69) is 16.0 Å². The molecule has 2 aromatic carbocycles. The molecule has 1 saturated heterocycles. The number of piperidine rings is 1. The summed E-state index contributed by atoms with van der Waals surface area (Å²) in [5.41, 5.74) is 1.46. The van der Waals surface area contributed by atoms with E-state index < -0.39 is 0 Å². The fraction of sp³-hybridized carbons (Fsp3) is 0.300. The number of amides is 2. The SMILES string of the molecule is COc1ccc(C(=O)Nc2ccccc2C(=O)NC2CCNCC2)cc1. The van der Waals surface area contributed by atoms with Crippen molar-refractivity contribution in [2.75, 3.05) is 25.5 Å². The zero-order chi connectivity index (χ0) is 18.4. The highest BCUT2D eigenvalue weighted by Crippen LogP contribution is 2.18. The molecule has 3 rings (SSSR count). The smallest absolute Gasteiger partial charge is 0.255 e. The normalized spacial score (nSPS) is 14.5. The molecule has 0 unspecified atom stereocenters. The van der Waals surface area contributed by atoms with Gasteiger partial charge in [0.1, 0.15) is 5.75 Å². The van der Waals surface area contributed by atoms with Crippen LogP contribution < -0.4 is 20.7 Å². The Labute approximate surface area is 152 Å². The predicted molar refractivity (Wildman–Crippen MR) is 101 cm³/mol. The van der Waals surface area contributed by atoms with Gasteiger partial charge in [-0.2, -0.15) is 0 Å². The van der Waals surface area contributed by atoms with Crippen molar-refractivity contribution < 1.29 is 14.3 Å². The Bertz CT molecular complexity index is 768. The lowest BCUT2D eigenvalue weighted by molar-refractivity contribution is 0.0930. The number of anilines is 1. The molecule has 0 bridgehead atoms. The van der Waals surface area contributed by atoms with E-state index in [1.807, 2.05) is 0 Å². The van der Waals surface area contributed by atoms with Crippen LogP contribution in [0.4, 0.5) is 5.69 Å². The highest BCUT2D eigenvalue weighted by Gasteiger charge is 2.19. The van der Waals surface area contributed by atoms with E-state index in [9.17, 15) is 9.59 Å². The van der Waals surface area contributed by atoms with Crippen molar-refractivity contribution in [1.29, 1.82) is 0 Å². The summed E-state index contributed by atoms with van der Waals surface area (Å²) in [6.45, 7) is 1.81. The maximum Gasteiger partial charge on any atom is 0.255 e. The van der Waals surface area contributed by atoms with Gasteiger partial charge in [0.25, 0.3) is 11.8 Å². The first-order valence-corrected chi connectivity index (χ1v) is 8.73. The molecule has 136 valence electrons. The zero-order valence-electron chi connectivity index (χ0n) is 14.7. The van der Waals surface area contributed by atoms with E-state index in [0.717, 1.165) is 25.9 Å². The first kappa shape index (κ1) is 17.9. The number of hydrogen-bond acceptors (Lipinski definition) is 4. The molecule has 1 aliphatic rings. The number of carbonyl (C=O) groups is 2. The maximum atomic E-state index is 12.6. The minimum atomic E-state index is -0.269. The van der Waals surface area contributed by atoms with Gasteiger partial charge in [-0.1, -0.05) is 12.1 Å². The Balaban J connectivity index is 1.71. The third kappa shape index (κ3) is 4.40. The second-order valence-electron chi connectivity index (χ2n) is 6.23. The molecule has 1 fully saturated rings. The molecule has 0 saturated carbocycles. The summed E-state index contributed by atoms with van der Waals surface area (Å²) < 4.78 is 5.10. The number of ether oxygens (including phenoxy) is 1. The summed E-state index contributed by atoms with van der Waals surface area (Å²) in [5.74, 6) is 0.251. The topological polar surface area (TPSA) is 79.5 Å². The summed E-state index contributed by atoms with van der Waals surface area (Å²) in [5, 5.41) is 9.16. The Kier molecular flexibility index (Phi) is 5.86. The lowest BCUT2D eigenvalue weighted by Gasteiger charge is -2.24. The monoisotopic (exact) mass is 353 g/mol. The van der Waals surface area contributed by atoms with Gasteiger partial charge in [0, 0.05) is 11.6 Å². The minimum absolute atomic E-state index is 0.161. The highest BCUT2D eigenvalue weighted by atomic mass is 16.5. The van der Waals surface area contributed by atoms with Crippen LogP contribution in [0.5, 0.6) is 5.75 Å². The van der Waals surface area contributed by atoms with Gasteiger partial charge in [0.2, 0.25) is 0 Å². The van der Waals surface area contributed by atoms with E-state index in [1.165, 1.54) is 0 Å². The van der Waals surface area contributed by atoms with Crippen LogP contribution in [0.2, 0.25) is 0 Å². The molecular weight excluding hydrogens is 330 g/mol. The molecule has 6 nitrogen and oxygen atoms in total. The van der Waals surface area contributed by atoms with Crippen LogP contribution in [-0.2, 0) is 0 Å². The van der Waals surface area contributed by atoms with Crippen LogP contribution >= 0.6 is 0 Å². The summed E-state index contributed by atoms with van der Waals surface area (Å²) in [6, 6.07) is 14.0. The first-order valence-electron chi connectivity index (χ1n) is 8.73. The van der Waals surface area contributed by atoms with Crippen molar-refractivity contribution in [3.63, 3.8) is 0 Å². The standard InChI is InChI=1S/C20H23N3O3/c1-26-16-8-6-14(7-9-16)19(24)23-18-5-3-2-4-17(18)20(25)22-15-10-12-21-13-11-15/h2-9,15,21H,10-13H2,1H3,(H,22,25)(H,23,24). The molecule has 2 amide bonds. The molecule has 0 radical (unpaired) electrons. The lowest BCUT2D eigenvalue weighted by atomic mass is 10.1. The van der Waals surface area contributed by atoms with Crippen molar-refractivity contribution in [2.45, 2.75) is 18.9 Å². The van der Waals surface area contributed by atoms with Crippen molar-refractivity contribution in [1.82, 2.24) is 10.6 Å². The zero-order valence-corrected chi connectivity index (χ0v) is 14.7. The lowest BCUT2D eigenvalue weighted by Crippen LogP contribution is -2.42. The van der Waals surface area contributed by atoms with Gasteiger partial charge >= 0.3 is 0 Å². The van der Waals surface area contributed by atoms with Gasteiger partial charge in [-0.15, -0.1) is 0 Å². The van der Waals surface area contributed by atoms with Gasteiger partial charge in [0.05, 0.1) is 18.4 Å². The van der Waals surface area contributed by atoms with E-state index in [-0.39, 0.29) is 17.9 Å². The Hall–Kier alpha value is -2.86. The number of hydrogen-bond donors (Lipinski definition) is 3. The molecule has 1 heterocycles. The Morgan fingerprint density at radius 2 is 1.69 bits per heavy atom. The molecule has 0 aromatic heterocycles. The van der Waals surface area contributed by atoms with Crippen molar-refractivity contribution in [2.24, 2.45) is 0 Å². The summed E-state index contributed by atoms with van der Waals surface area (Å²) in [7, 11) is 1.58. The van der Waals surface area contributed by atoms with Crippen molar-refractivity contribution in [3.8, 4) is 5.75 Å². The molecule has 0 spiro atoms. The van der Waals surface area contributed by atoms with Crippen LogP contribution in [0.25, 0.3) is 0 Å². The fourth-order valence-electron chi connectivity index (χ4n) is 2.96. The first-order chi connectivity index (χ1) is 12.7. The fourth-order valence-corrected chi connectivity index (χ4v) is 2.96. The predicted octanol–water partition coefficient (Wildman–Crippen LogP) is 2.43. The number of methoxy groups -OCH3 is 1. The van der Waals surface area contributed by atoms with Gasteiger partial charge in [-0.25, -0.2) is 0 Å². The number of rotatable bonds is 5. The maximum absolute atomic E-state index is 12.6. The molecule has 3 N–H and O–H groups in total. The third-order valence-electron chi connectivity index (χ3n) is 4.45. The molecule has 2 aromatic rings. The summed E-state index contributed by atoms with van der Waals surface area (Å²) in [4.78, 5) is 25.1. The second-order valence-corrected chi connectivity index (χ2v) is 6.23. The largest absolute Gasteiger partial charge is 0.497 e. The third-order valence-corrected chi connectivity index (χ3v) is 4.45. The molecule has 26 heavy (non-hydrogen) atoms. The number of para-hydroxylation sites is 1. The second kappa shape index (κ2) is 8.49. The number of benzene rings is 2. The molecule has 0 aliphatic carbocycles. The van der Waals surface area contributed by atoms with Gasteiger partial charge in [-0.05, 0) is 62.3 Å². The summed E-state index contributed by atoms with van der Waals surface area (Å²) >= 11 is 0. The van der Waals surface area contributed by atoms with Crippen molar-refractivity contribution >= 4 is 17.5 Å². The average Bonchev–Trinajstić information content (AvgIpc) is 2.69. The Morgan fingerprint density at radius 3 is 2.38 bits per heavy atom. The number of carbonyl (C=O) groups excluding carboxylic acids is 2. The molecule has 6 heteroatoms. The van der Waals surface area contributed by atoms with E-state index >= 15 is 0 Å². The van der Waals surface area contributed by atoms with Crippen LogP contribution in [0.1, 0.15) is 33.6 Å². The quantitative estimate of drug-likeness (QED) is 0.771. The van der Waals surface area contributed by atoms with E-state index in [4.69, 9.17) is 4.74 Å². The van der Waals surface area contributed by atoms with Gasteiger partial charge in [0.15, 0.2) is 0 Å². The highest BCUT2D eigenvalue weighted by molar-refractivity contribution is 6.09. The van der Waals surface area contributed by atoms with Crippen LogP contribution in [0.3, 0.4) is 0 Å². The summed E-state index contributed by atoms with van der Waals surface area (Å²) in [6.07, 6.45) is 1.82.